The molecule has 0 atom stereocenters. The number of nitrogens with one attached hydrogen (secondary N) is 2. The van der Waals surface area contributed by atoms with Crippen molar-refractivity contribution in [2.75, 3.05) is 5.32 Å². The molecule has 1 amide bonds. The van der Waals surface area contributed by atoms with E-state index in [0.717, 1.165) is 16.9 Å². The molecule has 0 saturated heterocycles. The average Bonchev–Trinajstić information content (AvgIpc) is 2.60. The molecule has 0 saturated carbocycles. The molecule has 5 heteroatoms. The molecule has 3 aromatic rings. The molecule has 1 aromatic carbocycles. The Morgan fingerprint density at radius 3 is 2.44 bits per heavy atom. The minimum Gasteiger partial charge on any atom is -0.354 e. The molecule has 0 aliphatic carbocycles. The van der Waals surface area contributed by atoms with Crippen LogP contribution in [0.5, 0.6) is 0 Å². The Morgan fingerprint density at radius 1 is 1.00 bits per heavy atom. The average molecular weight is 332 g/mol. The van der Waals surface area contributed by atoms with Crippen molar-refractivity contribution in [3.8, 4) is 0 Å². The maximum Gasteiger partial charge on any atom is 0.270 e. The highest BCUT2D eigenvalue weighted by molar-refractivity contribution is 5.92. The maximum atomic E-state index is 12.2. The van der Waals surface area contributed by atoms with Crippen LogP contribution in [0.4, 0.5) is 11.4 Å². The number of carbonyl (C=O) groups excluding carboxylic acids is 1. The van der Waals surface area contributed by atoms with Gasteiger partial charge in [-0.05, 0) is 60.9 Å². The van der Waals surface area contributed by atoms with Crippen molar-refractivity contribution in [1.82, 2.24) is 15.3 Å². The fourth-order valence-electron chi connectivity index (χ4n) is 2.59. The summed E-state index contributed by atoms with van der Waals surface area (Å²) in [5.41, 5.74) is 5.57. The lowest BCUT2D eigenvalue weighted by molar-refractivity contribution is 0.0946. The fourth-order valence-corrected chi connectivity index (χ4v) is 2.59. The summed E-state index contributed by atoms with van der Waals surface area (Å²) < 4.78 is 0. The summed E-state index contributed by atoms with van der Waals surface area (Å²) in [6.45, 7) is 4.55. The maximum absolute atomic E-state index is 12.2. The zero-order valence-corrected chi connectivity index (χ0v) is 14.3. The molecule has 0 aliphatic heterocycles. The van der Waals surface area contributed by atoms with Gasteiger partial charge in [-0.25, -0.2) is 4.98 Å². The molecule has 126 valence electrons. The third-order valence-corrected chi connectivity index (χ3v) is 3.68. The van der Waals surface area contributed by atoms with Gasteiger partial charge in [0, 0.05) is 24.6 Å². The highest BCUT2D eigenvalue weighted by atomic mass is 16.1. The zero-order chi connectivity index (χ0) is 17.6. The third kappa shape index (κ3) is 4.64. The monoisotopic (exact) mass is 332 g/mol. The molecule has 25 heavy (non-hydrogen) atoms. The number of aromatic nitrogens is 2. The van der Waals surface area contributed by atoms with Crippen LogP contribution >= 0.6 is 0 Å². The first-order valence-electron chi connectivity index (χ1n) is 8.08. The van der Waals surface area contributed by atoms with Gasteiger partial charge in [0.2, 0.25) is 0 Å². The van der Waals surface area contributed by atoms with Crippen molar-refractivity contribution in [2.45, 2.75) is 20.4 Å². The number of hydrogen-bond acceptors (Lipinski definition) is 4. The van der Waals surface area contributed by atoms with Gasteiger partial charge in [0.05, 0.1) is 11.9 Å². The number of pyridine rings is 2. The summed E-state index contributed by atoms with van der Waals surface area (Å²) in [7, 11) is 0. The lowest BCUT2D eigenvalue weighted by Gasteiger charge is -2.09. The molecule has 0 unspecified atom stereocenters. The number of hydrogen-bond donors (Lipinski definition) is 2. The molecular weight excluding hydrogens is 312 g/mol. The molecule has 5 nitrogen and oxygen atoms in total. The Kier molecular flexibility index (Phi) is 5.04. The van der Waals surface area contributed by atoms with E-state index in [4.69, 9.17) is 0 Å². The molecule has 2 aromatic heterocycles. The second-order valence-corrected chi connectivity index (χ2v) is 5.98. The van der Waals surface area contributed by atoms with Crippen molar-refractivity contribution in [3.63, 3.8) is 0 Å². The number of benzene rings is 1. The Balaban J connectivity index is 1.62. The summed E-state index contributed by atoms with van der Waals surface area (Å²) >= 11 is 0. The van der Waals surface area contributed by atoms with E-state index in [1.165, 1.54) is 11.1 Å². The van der Waals surface area contributed by atoms with Crippen LogP contribution < -0.4 is 10.6 Å². The first-order valence-corrected chi connectivity index (χ1v) is 8.08. The lowest BCUT2D eigenvalue weighted by atomic mass is 10.1. The summed E-state index contributed by atoms with van der Waals surface area (Å²) in [6, 6.07) is 13.6. The van der Waals surface area contributed by atoms with Gasteiger partial charge in [-0.1, -0.05) is 12.1 Å². The Bertz CT molecular complexity index is 840. The molecule has 0 aliphatic rings. The van der Waals surface area contributed by atoms with E-state index in [1.54, 1.807) is 24.7 Å². The van der Waals surface area contributed by atoms with Gasteiger partial charge in [-0.2, -0.15) is 0 Å². The van der Waals surface area contributed by atoms with Crippen molar-refractivity contribution in [2.24, 2.45) is 0 Å². The number of aryl methyl sites for hydroxylation is 2. The highest BCUT2D eigenvalue weighted by Crippen LogP contribution is 2.19. The molecule has 0 spiro atoms. The Morgan fingerprint density at radius 2 is 1.80 bits per heavy atom. The predicted octanol–water partition coefficient (Wildman–Crippen LogP) is 3.77. The molecule has 0 fully saturated rings. The highest BCUT2D eigenvalue weighted by Gasteiger charge is 2.07. The minimum absolute atomic E-state index is 0.207. The standard InChI is InChI=1S/C20H20N4O/c1-14-8-15(2)10-18(9-14)24-17-5-6-19(22-13-17)20(25)23-12-16-4-3-7-21-11-16/h3-11,13,24H,12H2,1-2H3,(H,23,25). The minimum atomic E-state index is -0.207. The summed E-state index contributed by atoms with van der Waals surface area (Å²) in [5, 5.41) is 6.14. The normalized spacial score (nSPS) is 10.3. The van der Waals surface area contributed by atoms with Gasteiger partial charge in [-0.3, -0.25) is 9.78 Å². The van der Waals surface area contributed by atoms with E-state index in [1.807, 2.05) is 18.2 Å². The van der Waals surface area contributed by atoms with Crippen LogP contribution in [0, 0.1) is 13.8 Å². The first kappa shape index (κ1) is 16.6. The topological polar surface area (TPSA) is 66.9 Å². The SMILES string of the molecule is Cc1cc(C)cc(Nc2ccc(C(=O)NCc3cccnc3)nc2)c1. The van der Waals surface area contributed by atoms with Crippen LogP contribution in [0.3, 0.4) is 0 Å². The number of nitrogens with zero attached hydrogens (tertiary/aromatic N) is 2. The van der Waals surface area contributed by atoms with Crippen LogP contribution in [0.25, 0.3) is 0 Å². The smallest absolute Gasteiger partial charge is 0.270 e. The number of amides is 1. The van der Waals surface area contributed by atoms with Gasteiger partial charge in [0.25, 0.3) is 5.91 Å². The third-order valence-electron chi connectivity index (χ3n) is 3.68. The predicted molar refractivity (Wildman–Crippen MR) is 98.8 cm³/mol. The van der Waals surface area contributed by atoms with Gasteiger partial charge in [0.15, 0.2) is 0 Å². The summed E-state index contributed by atoms with van der Waals surface area (Å²) in [6.07, 6.45) is 5.09. The van der Waals surface area contributed by atoms with Crippen molar-refractivity contribution in [3.05, 3.63) is 83.4 Å². The van der Waals surface area contributed by atoms with Crippen molar-refractivity contribution in [1.29, 1.82) is 0 Å². The number of rotatable bonds is 5. The van der Waals surface area contributed by atoms with Crippen LogP contribution in [-0.2, 0) is 6.54 Å². The Hall–Kier alpha value is -3.21. The largest absolute Gasteiger partial charge is 0.354 e. The summed E-state index contributed by atoms with van der Waals surface area (Å²) in [4.78, 5) is 20.4. The molecule has 2 N–H and O–H groups in total. The Labute approximate surface area is 147 Å². The summed E-state index contributed by atoms with van der Waals surface area (Å²) in [5.74, 6) is -0.207. The van der Waals surface area contributed by atoms with E-state index in [2.05, 4.69) is 52.6 Å². The van der Waals surface area contributed by atoms with Crippen molar-refractivity contribution >= 4 is 17.3 Å². The van der Waals surface area contributed by atoms with E-state index in [-0.39, 0.29) is 5.91 Å². The lowest BCUT2D eigenvalue weighted by Crippen LogP contribution is -2.23. The molecule has 2 heterocycles. The van der Waals surface area contributed by atoms with E-state index < -0.39 is 0 Å². The van der Waals surface area contributed by atoms with Gasteiger partial charge < -0.3 is 10.6 Å². The van der Waals surface area contributed by atoms with Crippen LogP contribution in [-0.4, -0.2) is 15.9 Å². The van der Waals surface area contributed by atoms with Gasteiger partial charge in [-0.15, -0.1) is 0 Å². The van der Waals surface area contributed by atoms with E-state index in [9.17, 15) is 4.79 Å². The van der Waals surface area contributed by atoms with Gasteiger partial charge in [0.1, 0.15) is 5.69 Å². The van der Waals surface area contributed by atoms with Crippen LogP contribution in [0.2, 0.25) is 0 Å². The van der Waals surface area contributed by atoms with E-state index in [0.29, 0.717) is 12.2 Å². The second kappa shape index (κ2) is 7.57. The number of anilines is 2. The van der Waals surface area contributed by atoms with Crippen LogP contribution in [0.1, 0.15) is 27.2 Å². The molecular formula is C20H20N4O. The molecule has 0 radical (unpaired) electrons. The number of carbonyl (C=O) groups is 1. The molecule has 3 rings (SSSR count). The molecule has 0 bridgehead atoms. The van der Waals surface area contributed by atoms with Crippen molar-refractivity contribution < 1.29 is 4.79 Å². The second-order valence-electron chi connectivity index (χ2n) is 5.98. The first-order chi connectivity index (χ1) is 12.1. The van der Waals surface area contributed by atoms with E-state index >= 15 is 0 Å². The zero-order valence-electron chi connectivity index (χ0n) is 14.3. The van der Waals surface area contributed by atoms with Gasteiger partial charge >= 0.3 is 0 Å². The van der Waals surface area contributed by atoms with Crippen LogP contribution in [0.15, 0.2) is 61.1 Å². The quantitative estimate of drug-likeness (QED) is 0.746. The fraction of sp³-hybridized carbons (Fsp3) is 0.150.